The van der Waals surface area contributed by atoms with E-state index in [-0.39, 0.29) is 0 Å². The largest absolute Gasteiger partial charge is 0.143 e. The lowest BCUT2D eigenvalue weighted by Crippen LogP contribution is -2.02. The maximum Gasteiger partial charge on any atom is 0.0685 e. The van der Waals surface area contributed by atoms with E-state index in [1.54, 1.807) is 0 Å². The van der Waals surface area contributed by atoms with Crippen LogP contribution in [0.5, 0.6) is 0 Å². The van der Waals surface area contributed by atoms with Crippen molar-refractivity contribution in [3.8, 4) is 0 Å². The number of thioether (sulfide) groups is 2. The van der Waals surface area contributed by atoms with Crippen molar-refractivity contribution in [2.75, 3.05) is 11.5 Å². The van der Waals surface area contributed by atoms with Crippen LogP contribution in [0.4, 0.5) is 0 Å². The molecular formula is C14H24S2. The van der Waals surface area contributed by atoms with Crippen molar-refractivity contribution in [2.45, 2.75) is 50.0 Å². The molecule has 0 radical (unpaired) electrons. The summed E-state index contributed by atoms with van der Waals surface area (Å²) in [5, 5.41) is 0. The maximum atomic E-state index is 2.34. The van der Waals surface area contributed by atoms with Crippen LogP contribution in [0.3, 0.4) is 0 Å². The molecule has 1 aliphatic heterocycles. The van der Waals surface area contributed by atoms with Crippen LogP contribution >= 0.6 is 23.5 Å². The van der Waals surface area contributed by atoms with E-state index in [2.05, 4.69) is 54.8 Å². The Labute approximate surface area is 109 Å². The highest BCUT2D eigenvalue weighted by Crippen LogP contribution is 2.31. The van der Waals surface area contributed by atoms with Crippen molar-refractivity contribution in [3.63, 3.8) is 0 Å². The van der Waals surface area contributed by atoms with Gasteiger partial charge in [-0.25, -0.2) is 0 Å². The normalized spacial score (nSPS) is 18.8. The van der Waals surface area contributed by atoms with Crippen LogP contribution in [0.1, 0.15) is 45.4 Å². The van der Waals surface area contributed by atoms with Gasteiger partial charge in [0.25, 0.3) is 0 Å². The van der Waals surface area contributed by atoms with Crippen molar-refractivity contribution < 1.29 is 0 Å². The summed E-state index contributed by atoms with van der Waals surface area (Å²) in [5.41, 5.74) is 0. The molecule has 0 amide bonds. The average Bonchev–Trinajstić information content (AvgIpc) is 2.34. The van der Waals surface area contributed by atoms with E-state index in [4.69, 9.17) is 0 Å². The summed E-state index contributed by atoms with van der Waals surface area (Å²) in [5.74, 6) is 2.67. The van der Waals surface area contributed by atoms with E-state index in [0.717, 1.165) is 0 Å². The Kier molecular flexibility index (Phi) is 9.20. The van der Waals surface area contributed by atoms with Gasteiger partial charge in [0, 0.05) is 0 Å². The van der Waals surface area contributed by atoms with Crippen LogP contribution in [0, 0.1) is 0 Å². The molecule has 0 N–H and O–H groups in total. The molecule has 16 heavy (non-hydrogen) atoms. The molecule has 0 unspecified atom stereocenters. The van der Waals surface area contributed by atoms with E-state index in [1.165, 1.54) is 50.0 Å². The monoisotopic (exact) mass is 256 g/mol. The minimum Gasteiger partial charge on any atom is -0.143 e. The van der Waals surface area contributed by atoms with Gasteiger partial charge in [0.15, 0.2) is 0 Å². The molecule has 0 aromatic carbocycles. The van der Waals surface area contributed by atoms with E-state index >= 15 is 0 Å². The van der Waals surface area contributed by atoms with Crippen molar-refractivity contribution in [3.05, 3.63) is 24.3 Å². The van der Waals surface area contributed by atoms with Crippen molar-refractivity contribution in [2.24, 2.45) is 0 Å². The smallest absolute Gasteiger partial charge is 0.0685 e. The molecule has 1 fully saturated rings. The molecule has 0 aromatic heterocycles. The second kappa shape index (κ2) is 10.3. The van der Waals surface area contributed by atoms with E-state index in [1.807, 2.05) is 0 Å². The summed E-state index contributed by atoms with van der Waals surface area (Å²) in [6, 6.07) is 0. The molecule has 0 nitrogen and oxygen atoms in total. The van der Waals surface area contributed by atoms with Crippen LogP contribution in [0.15, 0.2) is 24.3 Å². The van der Waals surface area contributed by atoms with Gasteiger partial charge in [-0.2, -0.15) is 0 Å². The first-order valence-corrected chi connectivity index (χ1v) is 8.59. The van der Waals surface area contributed by atoms with Gasteiger partial charge >= 0.3 is 0 Å². The summed E-state index contributed by atoms with van der Waals surface area (Å²) >= 11 is 4.16. The van der Waals surface area contributed by atoms with Gasteiger partial charge in [-0.3, -0.25) is 0 Å². The standard InChI is InChI=1S/C14H24S2/c1-2-3-4-5-6-7-8-9-11-14-15-12-10-13-16-14/h7-9,11,14H,2-6,10,12-13H2,1H3/b8-7+,11-9+. The highest BCUT2D eigenvalue weighted by atomic mass is 32.2. The summed E-state index contributed by atoms with van der Waals surface area (Å²) in [4.78, 5) is 0. The number of hydrogen-bond acceptors (Lipinski definition) is 2. The lowest BCUT2D eigenvalue weighted by atomic mass is 10.1. The molecule has 0 bridgehead atoms. The Morgan fingerprint density at radius 3 is 2.62 bits per heavy atom. The fourth-order valence-electron chi connectivity index (χ4n) is 1.64. The zero-order valence-corrected chi connectivity index (χ0v) is 12.0. The second-order valence-electron chi connectivity index (χ2n) is 4.13. The molecule has 0 saturated carbocycles. The van der Waals surface area contributed by atoms with E-state index < -0.39 is 0 Å². The molecule has 0 aliphatic carbocycles. The highest BCUT2D eigenvalue weighted by Gasteiger charge is 2.09. The quantitative estimate of drug-likeness (QED) is 0.450. The summed E-state index contributed by atoms with van der Waals surface area (Å²) in [7, 11) is 0. The van der Waals surface area contributed by atoms with Gasteiger partial charge < -0.3 is 0 Å². The van der Waals surface area contributed by atoms with Gasteiger partial charge in [0.05, 0.1) is 4.58 Å². The van der Waals surface area contributed by atoms with Crippen LogP contribution in [0.2, 0.25) is 0 Å². The van der Waals surface area contributed by atoms with Crippen molar-refractivity contribution in [1.82, 2.24) is 0 Å². The topological polar surface area (TPSA) is 0 Å². The highest BCUT2D eigenvalue weighted by molar-refractivity contribution is 8.17. The van der Waals surface area contributed by atoms with E-state index in [9.17, 15) is 0 Å². The summed E-state index contributed by atoms with van der Waals surface area (Å²) in [6.07, 6.45) is 17.2. The third-order valence-corrected chi connectivity index (χ3v) is 5.43. The minimum atomic E-state index is 0.707. The lowest BCUT2D eigenvalue weighted by molar-refractivity contribution is 0.674. The second-order valence-corrected chi connectivity index (χ2v) is 6.92. The first kappa shape index (κ1) is 14.2. The number of allylic oxidation sites excluding steroid dienone is 3. The Hall–Kier alpha value is 0.180. The van der Waals surface area contributed by atoms with Gasteiger partial charge in [0.2, 0.25) is 0 Å². The SMILES string of the molecule is CCCCCC/C=C/C=C/C1SCCCS1. The molecule has 0 aromatic rings. The van der Waals surface area contributed by atoms with Crippen LogP contribution in [-0.2, 0) is 0 Å². The zero-order valence-electron chi connectivity index (χ0n) is 10.4. The Morgan fingerprint density at radius 2 is 1.88 bits per heavy atom. The molecule has 1 saturated heterocycles. The van der Waals surface area contributed by atoms with Gasteiger partial charge in [0.1, 0.15) is 0 Å². The Morgan fingerprint density at radius 1 is 1.06 bits per heavy atom. The van der Waals surface area contributed by atoms with Gasteiger partial charge in [-0.15, -0.1) is 23.5 Å². The fraction of sp³-hybridized carbons (Fsp3) is 0.714. The molecule has 0 spiro atoms. The lowest BCUT2D eigenvalue weighted by Gasteiger charge is -2.16. The summed E-state index contributed by atoms with van der Waals surface area (Å²) < 4.78 is 0.707. The average molecular weight is 256 g/mol. The molecule has 0 atom stereocenters. The van der Waals surface area contributed by atoms with Crippen LogP contribution < -0.4 is 0 Å². The number of hydrogen-bond donors (Lipinski definition) is 0. The van der Waals surface area contributed by atoms with Crippen molar-refractivity contribution >= 4 is 23.5 Å². The van der Waals surface area contributed by atoms with Crippen LogP contribution in [-0.4, -0.2) is 16.1 Å². The molecule has 1 rings (SSSR count). The first-order valence-electron chi connectivity index (χ1n) is 6.50. The third kappa shape index (κ3) is 7.45. The van der Waals surface area contributed by atoms with Gasteiger partial charge in [-0.1, -0.05) is 50.5 Å². The van der Waals surface area contributed by atoms with Crippen molar-refractivity contribution in [1.29, 1.82) is 0 Å². The third-order valence-electron chi connectivity index (χ3n) is 2.59. The zero-order chi connectivity index (χ0) is 11.5. The van der Waals surface area contributed by atoms with Crippen LogP contribution in [0.25, 0.3) is 0 Å². The maximum absolute atomic E-state index is 2.34. The predicted molar refractivity (Wildman–Crippen MR) is 80.4 cm³/mol. The molecule has 1 aliphatic rings. The Balaban J connectivity index is 1.99. The molecule has 2 heteroatoms. The first-order chi connectivity index (χ1) is 7.93. The Bertz CT molecular complexity index is 203. The molecular weight excluding hydrogens is 232 g/mol. The summed E-state index contributed by atoms with van der Waals surface area (Å²) in [6.45, 7) is 2.26. The van der Waals surface area contributed by atoms with E-state index in [0.29, 0.717) is 4.58 Å². The van der Waals surface area contributed by atoms with Gasteiger partial charge in [-0.05, 0) is 30.8 Å². The number of unbranched alkanes of at least 4 members (excludes halogenated alkanes) is 4. The predicted octanol–water partition coefficient (Wildman–Crippen LogP) is 5.27. The molecule has 92 valence electrons. The fourth-order valence-corrected chi connectivity index (χ4v) is 4.27. The number of rotatable bonds is 7. The molecule has 1 heterocycles. The minimum absolute atomic E-state index is 0.707.